The average molecular weight is 290 g/mol. The van der Waals surface area contributed by atoms with E-state index in [1.807, 2.05) is 6.07 Å². The molecule has 0 spiro atoms. The Kier molecular flexibility index (Phi) is 4.32. The van der Waals surface area contributed by atoms with Gasteiger partial charge in [-0.15, -0.1) is 0 Å². The summed E-state index contributed by atoms with van der Waals surface area (Å²) in [5.74, 6) is -0.686. The van der Waals surface area contributed by atoms with Crippen LogP contribution in [0.4, 0.5) is 0 Å². The van der Waals surface area contributed by atoms with Crippen molar-refractivity contribution in [2.75, 3.05) is 0 Å². The number of nitrogens with zero attached hydrogens (tertiary/aromatic N) is 2. The Bertz CT molecular complexity index is 657. The molecule has 1 heterocycles. The highest BCUT2D eigenvalue weighted by molar-refractivity contribution is 6.31. The van der Waals surface area contributed by atoms with E-state index in [0.29, 0.717) is 10.7 Å². The monoisotopic (exact) mass is 289 g/mol. The van der Waals surface area contributed by atoms with Gasteiger partial charge in [-0.1, -0.05) is 17.7 Å². The first-order valence-electron chi connectivity index (χ1n) is 5.81. The van der Waals surface area contributed by atoms with Crippen LogP contribution < -0.4 is 5.43 Å². The van der Waals surface area contributed by atoms with E-state index in [9.17, 15) is 9.90 Å². The number of hydrazone groups is 1. The van der Waals surface area contributed by atoms with Crippen molar-refractivity contribution in [3.05, 3.63) is 58.9 Å². The van der Waals surface area contributed by atoms with Crippen LogP contribution in [0.3, 0.4) is 0 Å². The Morgan fingerprint density at radius 2 is 2.20 bits per heavy atom. The molecule has 1 amide bonds. The lowest BCUT2D eigenvalue weighted by Gasteiger charge is -2.05. The van der Waals surface area contributed by atoms with Gasteiger partial charge < -0.3 is 5.11 Å². The lowest BCUT2D eigenvalue weighted by Crippen LogP contribution is -2.19. The molecule has 0 atom stereocenters. The van der Waals surface area contributed by atoms with E-state index >= 15 is 0 Å². The maximum absolute atomic E-state index is 11.9. The lowest BCUT2D eigenvalue weighted by molar-refractivity contribution is 0.0952. The summed E-state index contributed by atoms with van der Waals surface area (Å²) >= 11 is 5.78. The number of phenolic OH excluding ortho intramolecular Hbond substituents is 1. The Labute approximate surface area is 120 Å². The summed E-state index contributed by atoms with van der Waals surface area (Å²) in [4.78, 5) is 15.9. The summed E-state index contributed by atoms with van der Waals surface area (Å²) in [6, 6.07) is 7.84. The van der Waals surface area contributed by atoms with Crippen LogP contribution in [0, 0.1) is 0 Å². The van der Waals surface area contributed by atoms with Gasteiger partial charge in [0.25, 0.3) is 5.91 Å². The first-order chi connectivity index (χ1) is 9.58. The van der Waals surface area contributed by atoms with Gasteiger partial charge in [0.2, 0.25) is 0 Å². The molecule has 0 aliphatic carbocycles. The molecule has 102 valence electrons. The molecule has 6 heteroatoms. The summed E-state index contributed by atoms with van der Waals surface area (Å²) in [6.07, 6.45) is 3.29. The van der Waals surface area contributed by atoms with Crippen LogP contribution in [0.15, 0.2) is 47.8 Å². The van der Waals surface area contributed by atoms with Gasteiger partial charge in [0.05, 0.1) is 11.3 Å². The minimum absolute atomic E-state index is 0.0697. The van der Waals surface area contributed by atoms with Gasteiger partial charge in [-0.3, -0.25) is 9.78 Å². The van der Waals surface area contributed by atoms with Gasteiger partial charge in [-0.25, -0.2) is 5.43 Å². The Morgan fingerprint density at radius 3 is 2.90 bits per heavy atom. The highest BCUT2D eigenvalue weighted by Gasteiger charge is 2.11. The molecule has 5 nitrogen and oxygen atoms in total. The van der Waals surface area contributed by atoms with Crippen LogP contribution in [-0.2, 0) is 0 Å². The van der Waals surface area contributed by atoms with Crippen LogP contribution >= 0.6 is 11.6 Å². The van der Waals surface area contributed by atoms with Crippen molar-refractivity contribution in [3.63, 3.8) is 0 Å². The zero-order valence-electron chi connectivity index (χ0n) is 10.7. The molecule has 0 unspecified atom stereocenters. The summed E-state index contributed by atoms with van der Waals surface area (Å²) in [5.41, 5.74) is 3.84. The number of aromatic nitrogens is 1. The molecule has 0 saturated carbocycles. The molecule has 2 rings (SSSR count). The number of nitrogens with one attached hydrogen (secondary N) is 1. The predicted octanol–water partition coefficient (Wildman–Crippen LogP) is 2.59. The normalized spacial score (nSPS) is 11.2. The van der Waals surface area contributed by atoms with E-state index < -0.39 is 5.91 Å². The van der Waals surface area contributed by atoms with Gasteiger partial charge in [0, 0.05) is 23.0 Å². The number of phenols is 1. The molecule has 2 aromatic rings. The second kappa shape index (κ2) is 6.16. The van der Waals surface area contributed by atoms with Crippen molar-refractivity contribution in [1.82, 2.24) is 10.4 Å². The number of hydrogen-bond donors (Lipinski definition) is 2. The molecule has 0 bridgehead atoms. The molecule has 20 heavy (non-hydrogen) atoms. The fourth-order valence-corrected chi connectivity index (χ4v) is 1.70. The van der Waals surface area contributed by atoms with Crippen molar-refractivity contribution in [2.45, 2.75) is 6.92 Å². The Balaban J connectivity index is 2.14. The minimum Gasteiger partial charge on any atom is -0.507 e. The molecule has 0 saturated heterocycles. The highest BCUT2D eigenvalue weighted by Crippen LogP contribution is 2.21. The molecule has 0 fully saturated rings. The SMILES string of the molecule is CC(=NNC(=O)c1cc(Cl)ccc1O)c1cccnc1. The summed E-state index contributed by atoms with van der Waals surface area (Å²) in [6.45, 7) is 1.75. The molecule has 2 N–H and O–H groups in total. The van der Waals surface area contributed by atoms with E-state index in [-0.39, 0.29) is 11.3 Å². The maximum atomic E-state index is 11.9. The van der Waals surface area contributed by atoms with E-state index in [4.69, 9.17) is 11.6 Å². The van der Waals surface area contributed by atoms with Crippen LogP contribution in [0.1, 0.15) is 22.8 Å². The fourth-order valence-electron chi connectivity index (χ4n) is 1.53. The third-order valence-corrected chi connectivity index (χ3v) is 2.84. The number of pyridine rings is 1. The molecule has 0 aliphatic rings. The molecule has 1 aromatic carbocycles. The van der Waals surface area contributed by atoms with Gasteiger partial charge in [-0.2, -0.15) is 5.10 Å². The Hall–Kier alpha value is -2.40. The second-order valence-corrected chi connectivity index (χ2v) is 4.48. The zero-order valence-corrected chi connectivity index (χ0v) is 11.4. The summed E-state index contributed by atoms with van der Waals surface area (Å²) in [7, 11) is 0. The summed E-state index contributed by atoms with van der Waals surface area (Å²) < 4.78 is 0. The van der Waals surface area contributed by atoms with Crippen molar-refractivity contribution in [2.24, 2.45) is 5.10 Å². The molecular weight excluding hydrogens is 278 g/mol. The largest absolute Gasteiger partial charge is 0.507 e. The summed E-state index contributed by atoms with van der Waals surface area (Å²) in [5, 5.41) is 13.9. The van der Waals surface area contributed by atoms with Crippen LogP contribution in [0.5, 0.6) is 5.75 Å². The van der Waals surface area contributed by atoms with Crippen molar-refractivity contribution in [1.29, 1.82) is 0 Å². The van der Waals surface area contributed by atoms with Crippen LogP contribution in [0.25, 0.3) is 0 Å². The third-order valence-electron chi connectivity index (χ3n) is 2.61. The number of carbonyl (C=O) groups is 1. The Morgan fingerprint density at radius 1 is 1.40 bits per heavy atom. The first kappa shape index (κ1) is 14.0. The quantitative estimate of drug-likeness (QED) is 0.674. The van der Waals surface area contributed by atoms with Gasteiger partial charge >= 0.3 is 0 Å². The zero-order chi connectivity index (χ0) is 14.5. The lowest BCUT2D eigenvalue weighted by atomic mass is 10.2. The van der Waals surface area contributed by atoms with Crippen LogP contribution in [0.2, 0.25) is 5.02 Å². The second-order valence-electron chi connectivity index (χ2n) is 4.04. The number of halogens is 1. The third kappa shape index (κ3) is 3.33. The van der Waals surface area contributed by atoms with Gasteiger partial charge in [0.15, 0.2) is 0 Å². The number of aromatic hydroxyl groups is 1. The van der Waals surface area contributed by atoms with Gasteiger partial charge in [0.1, 0.15) is 5.75 Å². The van der Waals surface area contributed by atoms with Crippen molar-refractivity contribution >= 4 is 23.2 Å². The van der Waals surface area contributed by atoms with Crippen molar-refractivity contribution < 1.29 is 9.90 Å². The van der Waals surface area contributed by atoms with E-state index in [1.165, 1.54) is 18.2 Å². The maximum Gasteiger partial charge on any atom is 0.275 e. The molecular formula is C14H12ClN3O2. The number of amides is 1. The van der Waals surface area contributed by atoms with E-state index in [0.717, 1.165) is 5.56 Å². The molecule has 0 aliphatic heterocycles. The number of carbonyl (C=O) groups excluding carboxylic acids is 1. The molecule has 0 radical (unpaired) electrons. The number of rotatable bonds is 3. The number of hydrogen-bond acceptors (Lipinski definition) is 4. The van der Waals surface area contributed by atoms with Gasteiger partial charge in [-0.05, 0) is 31.2 Å². The minimum atomic E-state index is -0.534. The average Bonchev–Trinajstić information content (AvgIpc) is 2.47. The molecule has 1 aromatic heterocycles. The highest BCUT2D eigenvalue weighted by atomic mass is 35.5. The van der Waals surface area contributed by atoms with Crippen LogP contribution in [-0.4, -0.2) is 21.7 Å². The fraction of sp³-hybridized carbons (Fsp3) is 0.0714. The standard InChI is InChI=1S/C14H12ClN3O2/c1-9(10-3-2-6-16-8-10)17-18-14(20)12-7-11(15)4-5-13(12)19/h2-8,19H,1H3,(H,18,20). The predicted molar refractivity (Wildman–Crippen MR) is 77.0 cm³/mol. The van der Waals surface area contributed by atoms with Crippen molar-refractivity contribution in [3.8, 4) is 5.75 Å². The first-order valence-corrected chi connectivity index (χ1v) is 6.19. The topological polar surface area (TPSA) is 74.6 Å². The van der Waals surface area contributed by atoms with E-state index in [2.05, 4.69) is 15.5 Å². The van der Waals surface area contributed by atoms with E-state index in [1.54, 1.807) is 25.4 Å². The smallest absolute Gasteiger partial charge is 0.275 e. The number of benzene rings is 1.